The number of quaternary nitrogens is 1. The molecule has 0 aliphatic heterocycles. The largest absolute Gasteiger partial charge is 0.320 e. The van der Waals surface area contributed by atoms with Gasteiger partial charge >= 0.3 is 0 Å². The lowest BCUT2D eigenvalue weighted by atomic mass is 10.1. The number of hydrogen-bond acceptors (Lipinski definition) is 1. The summed E-state index contributed by atoms with van der Waals surface area (Å²) in [4.78, 5) is 0. The first-order valence-corrected chi connectivity index (χ1v) is 12.7. The van der Waals surface area contributed by atoms with Gasteiger partial charge in [0.15, 0.2) is 0 Å². The van der Waals surface area contributed by atoms with Crippen LogP contribution in [0.4, 0.5) is 0 Å². The second kappa shape index (κ2) is 19.1. The van der Waals surface area contributed by atoms with E-state index in [0.29, 0.717) is 0 Å². The van der Waals surface area contributed by atoms with Crippen LogP contribution in [0.1, 0.15) is 117 Å². The van der Waals surface area contributed by atoms with E-state index in [1.165, 1.54) is 125 Å². The highest BCUT2D eigenvalue weighted by Gasteiger charge is 2.13. The van der Waals surface area contributed by atoms with Crippen LogP contribution < -0.4 is 0 Å². The topological polar surface area (TPSA) is 0 Å². The second-order valence-electron chi connectivity index (χ2n) is 8.65. The van der Waals surface area contributed by atoms with Gasteiger partial charge in [0, 0.05) is 0 Å². The van der Waals surface area contributed by atoms with Gasteiger partial charge in [-0.3, -0.25) is 0 Å². The van der Waals surface area contributed by atoms with Gasteiger partial charge < -0.3 is 4.48 Å². The maximum atomic E-state index is 2.42. The zero-order valence-corrected chi connectivity index (χ0v) is 19.1. The van der Waals surface area contributed by atoms with E-state index in [4.69, 9.17) is 0 Å². The molecule has 0 radical (unpaired) electrons. The standard InChI is InChI=1S/C23H50NS/c1-5-7-9-11-13-14-15-16-17-19-21-24(3,4)23-25-22-20-18-12-10-8-6-2/h5-23H2,1-4H3/q+1. The maximum absolute atomic E-state index is 2.42. The lowest BCUT2D eigenvalue weighted by Gasteiger charge is -2.29. The highest BCUT2D eigenvalue weighted by Crippen LogP contribution is 2.16. The predicted molar refractivity (Wildman–Crippen MR) is 120 cm³/mol. The Morgan fingerprint density at radius 2 is 0.920 bits per heavy atom. The molecule has 0 atom stereocenters. The molecular formula is C23H50NS+. The zero-order chi connectivity index (χ0) is 18.6. The molecule has 1 nitrogen and oxygen atoms in total. The monoisotopic (exact) mass is 372 g/mol. The molecule has 0 fully saturated rings. The summed E-state index contributed by atoms with van der Waals surface area (Å²) >= 11 is 2.18. The number of unbranched alkanes of at least 4 members (excludes halogenated alkanes) is 14. The van der Waals surface area contributed by atoms with Gasteiger partial charge in [-0.1, -0.05) is 97.3 Å². The summed E-state index contributed by atoms with van der Waals surface area (Å²) < 4.78 is 1.21. The Morgan fingerprint density at radius 3 is 1.40 bits per heavy atom. The van der Waals surface area contributed by atoms with Crippen molar-refractivity contribution in [3.63, 3.8) is 0 Å². The third-order valence-electron chi connectivity index (χ3n) is 5.20. The molecule has 0 aromatic carbocycles. The molecule has 0 rings (SSSR count). The van der Waals surface area contributed by atoms with Crippen molar-refractivity contribution in [1.82, 2.24) is 0 Å². The fraction of sp³-hybridized carbons (Fsp3) is 1.00. The van der Waals surface area contributed by atoms with Crippen molar-refractivity contribution in [3.8, 4) is 0 Å². The van der Waals surface area contributed by atoms with Gasteiger partial charge in [-0.05, 0) is 25.0 Å². The van der Waals surface area contributed by atoms with E-state index in [0.717, 1.165) is 0 Å². The first kappa shape index (κ1) is 25.3. The molecule has 0 aliphatic rings. The average molecular weight is 373 g/mol. The van der Waals surface area contributed by atoms with Gasteiger partial charge in [-0.15, -0.1) is 11.8 Å². The van der Waals surface area contributed by atoms with Gasteiger partial charge in [-0.2, -0.15) is 0 Å². The van der Waals surface area contributed by atoms with Gasteiger partial charge in [0.05, 0.1) is 20.6 Å². The molecule has 0 spiro atoms. The van der Waals surface area contributed by atoms with Crippen molar-refractivity contribution < 1.29 is 4.48 Å². The van der Waals surface area contributed by atoms with Crippen LogP contribution in [0.2, 0.25) is 0 Å². The van der Waals surface area contributed by atoms with Gasteiger partial charge in [-0.25, -0.2) is 0 Å². The lowest BCUT2D eigenvalue weighted by molar-refractivity contribution is -0.877. The Bertz CT molecular complexity index is 252. The summed E-state index contributed by atoms with van der Waals surface area (Å²) in [6.07, 6.45) is 23.0. The number of nitrogens with zero attached hydrogens (tertiary/aromatic N) is 1. The van der Waals surface area contributed by atoms with Crippen LogP contribution in [-0.4, -0.2) is 36.8 Å². The van der Waals surface area contributed by atoms with E-state index in [1.54, 1.807) is 0 Å². The summed E-state index contributed by atoms with van der Waals surface area (Å²) in [6, 6.07) is 0. The van der Waals surface area contributed by atoms with Gasteiger partial charge in [0.2, 0.25) is 0 Å². The van der Waals surface area contributed by atoms with Crippen LogP contribution in [0.5, 0.6) is 0 Å². The van der Waals surface area contributed by atoms with Crippen molar-refractivity contribution in [2.24, 2.45) is 0 Å². The maximum Gasteiger partial charge on any atom is 0.125 e. The van der Waals surface area contributed by atoms with E-state index in [9.17, 15) is 0 Å². The molecule has 0 saturated carbocycles. The third kappa shape index (κ3) is 20.5. The second-order valence-corrected chi connectivity index (χ2v) is 9.72. The molecule has 0 bridgehead atoms. The average Bonchev–Trinajstić information content (AvgIpc) is 2.59. The van der Waals surface area contributed by atoms with E-state index in [-0.39, 0.29) is 0 Å². The summed E-state index contributed by atoms with van der Waals surface area (Å²) in [6.45, 7) is 5.96. The van der Waals surface area contributed by atoms with Crippen LogP contribution >= 0.6 is 11.8 Å². The quantitative estimate of drug-likeness (QED) is 0.118. The first-order chi connectivity index (χ1) is 12.1. The van der Waals surface area contributed by atoms with E-state index < -0.39 is 0 Å². The Hall–Kier alpha value is 0.310. The highest BCUT2D eigenvalue weighted by molar-refractivity contribution is 7.99. The van der Waals surface area contributed by atoms with E-state index in [1.807, 2.05) is 0 Å². The Labute approximate surface area is 165 Å². The van der Waals surface area contributed by atoms with Crippen LogP contribution in [0, 0.1) is 0 Å². The molecule has 0 aliphatic carbocycles. The molecule has 0 amide bonds. The summed E-state index contributed by atoms with van der Waals surface area (Å²) in [5.74, 6) is 2.66. The predicted octanol–water partition coefficient (Wildman–Crippen LogP) is 8.03. The molecule has 0 aromatic rings. The smallest absolute Gasteiger partial charge is 0.125 e. The zero-order valence-electron chi connectivity index (χ0n) is 18.3. The molecule has 0 heterocycles. The molecule has 152 valence electrons. The molecule has 0 unspecified atom stereocenters. The minimum atomic E-state index is 1.21. The van der Waals surface area contributed by atoms with Crippen molar-refractivity contribution in [2.75, 3.05) is 32.3 Å². The van der Waals surface area contributed by atoms with E-state index >= 15 is 0 Å². The first-order valence-electron chi connectivity index (χ1n) is 11.5. The minimum Gasteiger partial charge on any atom is -0.320 e. The van der Waals surface area contributed by atoms with Crippen LogP contribution in [-0.2, 0) is 0 Å². The van der Waals surface area contributed by atoms with Gasteiger partial charge in [0.1, 0.15) is 5.88 Å². The molecular weight excluding hydrogens is 322 g/mol. The minimum absolute atomic E-state index is 1.21. The van der Waals surface area contributed by atoms with Crippen LogP contribution in [0.3, 0.4) is 0 Å². The molecule has 25 heavy (non-hydrogen) atoms. The fourth-order valence-electron chi connectivity index (χ4n) is 3.39. The van der Waals surface area contributed by atoms with Crippen molar-refractivity contribution in [3.05, 3.63) is 0 Å². The number of thioether (sulfide) groups is 1. The van der Waals surface area contributed by atoms with Crippen LogP contribution in [0.15, 0.2) is 0 Å². The molecule has 0 aromatic heterocycles. The fourth-order valence-corrected chi connectivity index (χ4v) is 4.55. The summed E-state index contributed by atoms with van der Waals surface area (Å²) in [5, 5.41) is 0. The molecule has 2 heteroatoms. The SMILES string of the molecule is CCCCCCCCCCCC[N+](C)(C)CSCCCCCCCC. The molecule has 0 saturated heterocycles. The Balaban J connectivity index is 3.32. The highest BCUT2D eigenvalue weighted by atomic mass is 32.2. The van der Waals surface area contributed by atoms with Crippen molar-refractivity contribution in [1.29, 1.82) is 0 Å². The summed E-state index contributed by atoms with van der Waals surface area (Å²) in [7, 11) is 4.84. The third-order valence-corrected chi connectivity index (χ3v) is 6.66. The van der Waals surface area contributed by atoms with Crippen LogP contribution in [0.25, 0.3) is 0 Å². The Morgan fingerprint density at radius 1 is 0.520 bits per heavy atom. The number of rotatable bonds is 20. The molecule has 0 N–H and O–H groups in total. The van der Waals surface area contributed by atoms with Gasteiger partial charge in [0.25, 0.3) is 0 Å². The van der Waals surface area contributed by atoms with Crippen molar-refractivity contribution in [2.45, 2.75) is 117 Å². The number of hydrogen-bond donors (Lipinski definition) is 0. The lowest BCUT2D eigenvalue weighted by Crippen LogP contribution is -2.40. The normalized spacial score (nSPS) is 12.0. The Kier molecular flexibility index (Phi) is 19.3. The summed E-state index contributed by atoms with van der Waals surface area (Å²) in [5.41, 5.74) is 0. The van der Waals surface area contributed by atoms with E-state index in [2.05, 4.69) is 39.7 Å². The van der Waals surface area contributed by atoms with Crippen molar-refractivity contribution >= 4 is 11.8 Å².